The molecule has 6 heteroatoms. The molecular formula is C26H25FN2O3. The van der Waals surface area contributed by atoms with Gasteiger partial charge in [0.15, 0.2) is 0 Å². The van der Waals surface area contributed by atoms with Crippen LogP contribution in [0.3, 0.4) is 0 Å². The van der Waals surface area contributed by atoms with Crippen LogP contribution in [0.15, 0.2) is 72.8 Å². The van der Waals surface area contributed by atoms with Gasteiger partial charge in [-0.15, -0.1) is 0 Å². The van der Waals surface area contributed by atoms with Gasteiger partial charge in [0.05, 0.1) is 18.6 Å². The van der Waals surface area contributed by atoms with Crippen molar-refractivity contribution in [1.29, 1.82) is 0 Å². The predicted octanol–water partition coefficient (Wildman–Crippen LogP) is 3.93. The summed E-state index contributed by atoms with van der Waals surface area (Å²) < 4.78 is 19.4. The zero-order valence-corrected chi connectivity index (χ0v) is 17.9. The van der Waals surface area contributed by atoms with Gasteiger partial charge in [-0.1, -0.05) is 54.6 Å². The van der Waals surface area contributed by atoms with Crippen LogP contribution >= 0.6 is 0 Å². The minimum atomic E-state index is -0.379. The van der Waals surface area contributed by atoms with Crippen LogP contribution in [0.25, 0.3) is 11.1 Å². The van der Waals surface area contributed by atoms with Gasteiger partial charge >= 0.3 is 0 Å². The number of ether oxygens (including phenoxy) is 1. The Balaban J connectivity index is 1.50. The smallest absolute Gasteiger partial charge is 0.257 e. The van der Waals surface area contributed by atoms with E-state index >= 15 is 0 Å². The fraction of sp³-hybridized carbons (Fsp3) is 0.231. The molecule has 1 heterocycles. The molecule has 3 aromatic rings. The summed E-state index contributed by atoms with van der Waals surface area (Å²) in [5.74, 6) is -0.358. The van der Waals surface area contributed by atoms with Crippen molar-refractivity contribution >= 4 is 11.8 Å². The fourth-order valence-electron chi connectivity index (χ4n) is 4.03. The Hall–Kier alpha value is -3.67. The van der Waals surface area contributed by atoms with Gasteiger partial charge in [0.25, 0.3) is 5.91 Å². The van der Waals surface area contributed by atoms with Crippen LogP contribution in [0, 0.1) is 11.7 Å². The number of rotatable bonds is 5. The molecule has 1 N–H and O–H groups in total. The standard InChI is InChI=1S/C26H25FN2O3/c1-32-24-9-5-3-7-22(24)26(31)29-15-14-28-25(30)20(17-29)16-18-10-12-19(13-11-18)21-6-2-4-8-23(21)27/h2-13,20H,14-17H2,1H3,(H,28,30)/t20-/m0/s1. The maximum absolute atomic E-state index is 14.1. The second-order valence-corrected chi connectivity index (χ2v) is 7.82. The van der Waals surface area contributed by atoms with Crippen LogP contribution in [-0.2, 0) is 11.2 Å². The fourth-order valence-corrected chi connectivity index (χ4v) is 4.03. The molecule has 0 bridgehead atoms. The lowest BCUT2D eigenvalue weighted by Gasteiger charge is -2.24. The van der Waals surface area contributed by atoms with Gasteiger partial charge in [0, 0.05) is 25.2 Å². The maximum Gasteiger partial charge on any atom is 0.257 e. The van der Waals surface area contributed by atoms with Crippen LogP contribution < -0.4 is 10.1 Å². The zero-order valence-electron chi connectivity index (χ0n) is 17.9. The first kappa shape index (κ1) is 21.6. The molecule has 0 aliphatic carbocycles. The van der Waals surface area contributed by atoms with Crippen molar-refractivity contribution in [2.45, 2.75) is 6.42 Å². The van der Waals surface area contributed by atoms with Crippen LogP contribution in [-0.4, -0.2) is 43.5 Å². The lowest BCUT2D eigenvalue weighted by molar-refractivity contribution is -0.124. The molecule has 1 aliphatic heterocycles. The third kappa shape index (κ3) is 4.64. The van der Waals surface area contributed by atoms with Crippen molar-refractivity contribution in [3.63, 3.8) is 0 Å². The summed E-state index contributed by atoms with van der Waals surface area (Å²) in [6, 6.07) is 21.3. The molecule has 5 nitrogen and oxygen atoms in total. The molecule has 2 amide bonds. The zero-order chi connectivity index (χ0) is 22.5. The Morgan fingerprint density at radius 2 is 1.78 bits per heavy atom. The molecule has 164 valence electrons. The summed E-state index contributed by atoms with van der Waals surface area (Å²) in [4.78, 5) is 27.5. The summed E-state index contributed by atoms with van der Waals surface area (Å²) in [6.45, 7) is 1.16. The molecule has 1 atom stereocenters. The minimum Gasteiger partial charge on any atom is -0.496 e. The van der Waals surface area contributed by atoms with Crippen LogP contribution in [0.1, 0.15) is 15.9 Å². The molecule has 4 rings (SSSR count). The van der Waals surface area contributed by atoms with E-state index in [-0.39, 0.29) is 23.5 Å². The highest BCUT2D eigenvalue weighted by molar-refractivity contribution is 5.97. The number of carbonyl (C=O) groups excluding carboxylic acids is 2. The van der Waals surface area contributed by atoms with Crippen molar-refractivity contribution in [3.8, 4) is 16.9 Å². The number of amides is 2. The summed E-state index contributed by atoms with van der Waals surface area (Å²) in [5.41, 5.74) is 2.76. The number of benzene rings is 3. The summed E-state index contributed by atoms with van der Waals surface area (Å²) >= 11 is 0. The molecule has 0 aromatic heterocycles. The van der Waals surface area contributed by atoms with Crippen LogP contribution in [0.4, 0.5) is 4.39 Å². The predicted molar refractivity (Wildman–Crippen MR) is 121 cm³/mol. The SMILES string of the molecule is COc1ccccc1C(=O)N1CCNC(=O)[C@@H](Cc2ccc(-c3ccccc3F)cc2)C1. The highest BCUT2D eigenvalue weighted by Gasteiger charge is 2.29. The van der Waals surface area contributed by atoms with Gasteiger partial charge in [-0.05, 0) is 35.7 Å². The van der Waals surface area contributed by atoms with E-state index in [1.54, 1.807) is 41.3 Å². The van der Waals surface area contributed by atoms with Gasteiger partial charge < -0.3 is 15.0 Å². The average molecular weight is 432 g/mol. The first-order valence-electron chi connectivity index (χ1n) is 10.6. The average Bonchev–Trinajstić information content (AvgIpc) is 3.01. The lowest BCUT2D eigenvalue weighted by Crippen LogP contribution is -2.37. The van der Waals surface area contributed by atoms with Crippen LogP contribution in [0.2, 0.25) is 0 Å². The molecule has 3 aromatic carbocycles. The topological polar surface area (TPSA) is 58.6 Å². The highest BCUT2D eigenvalue weighted by Crippen LogP contribution is 2.25. The Kier molecular flexibility index (Phi) is 6.50. The van der Waals surface area contributed by atoms with Gasteiger partial charge in [0.1, 0.15) is 11.6 Å². The Morgan fingerprint density at radius 3 is 2.53 bits per heavy atom. The summed E-state index contributed by atoms with van der Waals surface area (Å²) in [6.07, 6.45) is 0.485. The Bertz CT molecular complexity index is 1110. The molecule has 0 radical (unpaired) electrons. The number of methoxy groups -OCH3 is 1. The summed E-state index contributed by atoms with van der Waals surface area (Å²) in [7, 11) is 1.54. The molecule has 32 heavy (non-hydrogen) atoms. The lowest BCUT2D eigenvalue weighted by atomic mass is 9.95. The van der Waals surface area contributed by atoms with E-state index in [0.29, 0.717) is 42.9 Å². The van der Waals surface area contributed by atoms with Crippen molar-refractivity contribution in [2.75, 3.05) is 26.7 Å². The number of nitrogens with one attached hydrogen (secondary N) is 1. The van der Waals surface area contributed by atoms with E-state index in [0.717, 1.165) is 11.1 Å². The molecule has 0 saturated carbocycles. The van der Waals surface area contributed by atoms with E-state index in [1.165, 1.54) is 13.2 Å². The maximum atomic E-state index is 14.1. The quantitative estimate of drug-likeness (QED) is 0.665. The number of para-hydroxylation sites is 1. The van der Waals surface area contributed by atoms with Gasteiger partial charge in [0.2, 0.25) is 5.91 Å². The second kappa shape index (κ2) is 9.64. The molecule has 1 aliphatic rings. The Labute approximate surface area is 186 Å². The largest absolute Gasteiger partial charge is 0.496 e. The highest BCUT2D eigenvalue weighted by atomic mass is 19.1. The van der Waals surface area contributed by atoms with Crippen LogP contribution in [0.5, 0.6) is 5.75 Å². The first-order valence-corrected chi connectivity index (χ1v) is 10.6. The monoisotopic (exact) mass is 432 g/mol. The Morgan fingerprint density at radius 1 is 1.06 bits per heavy atom. The van der Waals surface area contributed by atoms with Gasteiger partial charge in [-0.25, -0.2) is 4.39 Å². The van der Waals surface area contributed by atoms with Crippen molar-refractivity contribution in [3.05, 3.63) is 89.7 Å². The van der Waals surface area contributed by atoms with E-state index in [4.69, 9.17) is 4.74 Å². The van der Waals surface area contributed by atoms with Gasteiger partial charge in [-0.2, -0.15) is 0 Å². The normalized spacial score (nSPS) is 16.2. The molecular weight excluding hydrogens is 407 g/mol. The number of nitrogens with zero attached hydrogens (tertiary/aromatic N) is 1. The number of hydrogen-bond donors (Lipinski definition) is 1. The molecule has 0 unspecified atom stereocenters. The van der Waals surface area contributed by atoms with Gasteiger partial charge in [-0.3, -0.25) is 9.59 Å². The number of carbonyl (C=O) groups is 2. The second-order valence-electron chi connectivity index (χ2n) is 7.82. The molecule has 0 spiro atoms. The van der Waals surface area contributed by atoms with E-state index in [2.05, 4.69) is 5.32 Å². The number of halogens is 1. The third-order valence-corrected chi connectivity index (χ3v) is 5.74. The molecule has 1 fully saturated rings. The van der Waals surface area contributed by atoms with E-state index in [9.17, 15) is 14.0 Å². The first-order chi connectivity index (χ1) is 15.6. The van der Waals surface area contributed by atoms with E-state index < -0.39 is 0 Å². The van der Waals surface area contributed by atoms with Crippen molar-refractivity contribution < 1.29 is 18.7 Å². The third-order valence-electron chi connectivity index (χ3n) is 5.74. The summed E-state index contributed by atoms with van der Waals surface area (Å²) in [5, 5.41) is 2.91. The van der Waals surface area contributed by atoms with Crippen molar-refractivity contribution in [1.82, 2.24) is 10.2 Å². The van der Waals surface area contributed by atoms with E-state index in [1.807, 2.05) is 30.3 Å². The number of hydrogen-bond acceptors (Lipinski definition) is 3. The minimum absolute atomic E-state index is 0.0708. The molecule has 1 saturated heterocycles. The van der Waals surface area contributed by atoms with Crippen molar-refractivity contribution in [2.24, 2.45) is 5.92 Å².